The summed E-state index contributed by atoms with van der Waals surface area (Å²) in [5.74, 6) is 1.62. The molecule has 0 aliphatic rings. The number of rotatable bonds is 6. The number of hydrogen-bond donors (Lipinski definition) is 0. The van der Waals surface area contributed by atoms with Crippen LogP contribution in [0.25, 0.3) is 0 Å². The summed E-state index contributed by atoms with van der Waals surface area (Å²) < 4.78 is 1.79. The molecular formula is C18H18N4S2. The first-order valence-corrected chi connectivity index (χ1v) is 9.74. The Labute approximate surface area is 150 Å². The molecule has 0 atom stereocenters. The molecule has 2 aromatic carbocycles. The van der Waals surface area contributed by atoms with E-state index in [4.69, 9.17) is 0 Å². The fraction of sp³-hybridized carbons (Fsp3) is 0.167. The van der Waals surface area contributed by atoms with Crippen molar-refractivity contribution in [2.75, 3.05) is 6.26 Å². The lowest BCUT2D eigenvalue weighted by Gasteiger charge is -2.03. The largest absolute Gasteiger partial charge is 0.212 e. The van der Waals surface area contributed by atoms with Crippen molar-refractivity contribution in [3.63, 3.8) is 0 Å². The van der Waals surface area contributed by atoms with Gasteiger partial charge < -0.3 is 0 Å². The Balaban J connectivity index is 1.73. The first-order chi connectivity index (χ1) is 11.8. The van der Waals surface area contributed by atoms with E-state index in [0.29, 0.717) is 0 Å². The monoisotopic (exact) mass is 354 g/mol. The van der Waals surface area contributed by atoms with Gasteiger partial charge in [-0.1, -0.05) is 54.2 Å². The minimum absolute atomic E-state index is 0.780. The van der Waals surface area contributed by atoms with Crippen molar-refractivity contribution in [3.05, 3.63) is 71.5 Å². The lowest BCUT2D eigenvalue weighted by molar-refractivity contribution is 0.744. The molecule has 0 bridgehead atoms. The predicted octanol–water partition coefficient (Wildman–Crippen LogP) is 4.48. The molecule has 0 aliphatic carbocycles. The van der Waals surface area contributed by atoms with Crippen LogP contribution in [0.5, 0.6) is 0 Å². The van der Waals surface area contributed by atoms with Gasteiger partial charge in [0.2, 0.25) is 5.16 Å². The van der Waals surface area contributed by atoms with Crippen LogP contribution >= 0.6 is 23.5 Å². The molecule has 1 heterocycles. The first kappa shape index (κ1) is 16.8. The second-order valence-electron chi connectivity index (χ2n) is 5.13. The highest BCUT2D eigenvalue weighted by molar-refractivity contribution is 7.98. The maximum absolute atomic E-state index is 4.54. The maximum Gasteiger partial charge on any atom is 0.212 e. The van der Waals surface area contributed by atoms with Gasteiger partial charge in [-0.3, -0.25) is 0 Å². The molecule has 0 fully saturated rings. The summed E-state index contributed by atoms with van der Waals surface area (Å²) >= 11 is 3.36. The summed E-state index contributed by atoms with van der Waals surface area (Å²) in [5, 5.41) is 13.7. The Bertz CT molecular complexity index is 811. The van der Waals surface area contributed by atoms with Crippen LogP contribution < -0.4 is 0 Å². The van der Waals surface area contributed by atoms with Gasteiger partial charge >= 0.3 is 0 Å². The molecule has 6 heteroatoms. The average molecular weight is 355 g/mol. The number of aryl methyl sites for hydroxylation is 1. The Morgan fingerprint density at radius 1 is 1.04 bits per heavy atom. The summed E-state index contributed by atoms with van der Waals surface area (Å²) in [5.41, 5.74) is 2.31. The molecular weight excluding hydrogens is 336 g/mol. The van der Waals surface area contributed by atoms with E-state index >= 15 is 0 Å². The fourth-order valence-electron chi connectivity index (χ4n) is 2.10. The van der Waals surface area contributed by atoms with Crippen molar-refractivity contribution in [2.24, 2.45) is 5.10 Å². The molecule has 0 spiro atoms. The molecule has 24 heavy (non-hydrogen) atoms. The van der Waals surface area contributed by atoms with E-state index in [9.17, 15) is 0 Å². The fourth-order valence-corrected chi connectivity index (χ4v) is 3.39. The van der Waals surface area contributed by atoms with Gasteiger partial charge in [-0.05, 0) is 36.4 Å². The Morgan fingerprint density at radius 2 is 1.79 bits per heavy atom. The van der Waals surface area contributed by atoms with Crippen molar-refractivity contribution in [3.8, 4) is 0 Å². The lowest BCUT2D eigenvalue weighted by Crippen LogP contribution is -1.96. The van der Waals surface area contributed by atoms with Crippen LogP contribution in [0.3, 0.4) is 0 Å². The third-order valence-electron chi connectivity index (χ3n) is 3.42. The predicted molar refractivity (Wildman–Crippen MR) is 102 cm³/mol. The Hall–Kier alpha value is -2.05. The standard InChI is InChI=1S/C18H18N4S2/c1-14-20-21-18(24-13-16-6-4-3-5-7-16)22(14)19-12-15-8-10-17(23-2)11-9-15/h3-12H,13H2,1-2H3/b19-12-. The van der Waals surface area contributed by atoms with Gasteiger partial charge in [0.15, 0.2) is 5.82 Å². The topological polar surface area (TPSA) is 43.1 Å². The van der Waals surface area contributed by atoms with E-state index in [1.807, 2.05) is 31.3 Å². The van der Waals surface area contributed by atoms with Crippen molar-refractivity contribution >= 4 is 29.7 Å². The van der Waals surface area contributed by atoms with Gasteiger partial charge in [0.05, 0.1) is 6.21 Å². The third-order valence-corrected chi connectivity index (χ3v) is 5.15. The van der Waals surface area contributed by atoms with Crippen LogP contribution in [0.2, 0.25) is 0 Å². The Kier molecular flexibility index (Phi) is 5.72. The van der Waals surface area contributed by atoms with Gasteiger partial charge in [-0.25, -0.2) is 0 Å². The molecule has 0 unspecified atom stereocenters. The zero-order valence-electron chi connectivity index (χ0n) is 13.6. The number of aromatic nitrogens is 3. The molecule has 4 nitrogen and oxygen atoms in total. The Morgan fingerprint density at radius 3 is 2.50 bits per heavy atom. The average Bonchev–Trinajstić information content (AvgIpc) is 2.99. The van der Waals surface area contributed by atoms with Crippen LogP contribution in [-0.4, -0.2) is 27.3 Å². The van der Waals surface area contributed by atoms with Gasteiger partial charge in [0.25, 0.3) is 0 Å². The molecule has 3 rings (SSSR count). The van der Waals surface area contributed by atoms with Gasteiger partial charge in [0, 0.05) is 10.6 Å². The molecule has 0 saturated carbocycles. The SMILES string of the molecule is CSc1ccc(/C=N\n2c(C)nnc2SCc2ccccc2)cc1. The van der Waals surface area contributed by atoms with E-state index in [1.165, 1.54) is 10.5 Å². The van der Waals surface area contributed by atoms with Crippen LogP contribution in [0.1, 0.15) is 17.0 Å². The highest BCUT2D eigenvalue weighted by Gasteiger charge is 2.08. The van der Waals surface area contributed by atoms with Crippen molar-refractivity contribution in [1.82, 2.24) is 14.9 Å². The summed E-state index contributed by atoms with van der Waals surface area (Å²) in [6, 6.07) is 18.6. The highest BCUT2D eigenvalue weighted by atomic mass is 32.2. The second kappa shape index (κ2) is 8.17. The van der Waals surface area contributed by atoms with Crippen LogP contribution in [0.4, 0.5) is 0 Å². The molecule has 0 radical (unpaired) electrons. The van der Waals surface area contributed by atoms with Gasteiger partial charge in [-0.15, -0.1) is 22.0 Å². The summed E-state index contributed by atoms with van der Waals surface area (Å²) in [4.78, 5) is 1.24. The lowest BCUT2D eigenvalue weighted by atomic mass is 10.2. The van der Waals surface area contributed by atoms with Crippen molar-refractivity contribution in [1.29, 1.82) is 0 Å². The number of benzene rings is 2. The minimum atomic E-state index is 0.780. The van der Waals surface area contributed by atoms with Gasteiger partial charge in [-0.2, -0.15) is 9.78 Å². The summed E-state index contributed by atoms with van der Waals surface area (Å²) in [7, 11) is 0. The van der Waals surface area contributed by atoms with E-state index in [1.54, 1.807) is 28.2 Å². The molecule has 122 valence electrons. The second-order valence-corrected chi connectivity index (χ2v) is 6.96. The molecule has 0 saturated heterocycles. The molecule has 0 N–H and O–H groups in total. The van der Waals surface area contributed by atoms with E-state index < -0.39 is 0 Å². The molecule has 0 aliphatic heterocycles. The normalized spacial score (nSPS) is 11.2. The summed E-state index contributed by atoms with van der Waals surface area (Å²) in [6.07, 6.45) is 3.91. The smallest absolute Gasteiger partial charge is 0.192 e. The zero-order chi connectivity index (χ0) is 16.8. The van der Waals surface area contributed by atoms with Crippen molar-refractivity contribution in [2.45, 2.75) is 22.7 Å². The number of thioether (sulfide) groups is 2. The zero-order valence-corrected chi connectivity index (χ0v) is 15.2. The molecule has 1 aromatic heterocycles. The van der Waals surface area contributed by atoms with Gasteiger partial charge in [0.1, 0.15) is 0 Å². The van der Waals surface area contributed by atoms with Crippen LogP contribution in [-0.2, 0) is 5.75 Å². The molecule has 0 amide bonds. The minimum Gasteiger partial charge on any atom is -0.192 e. The van der Waals surface area contributed by atoms with E-state index in [2.05, 4.69) is 58.0 Å². The quantitative estimate of drug-likeness (QED) is 0.483. The maximum atomic E-state index is 4.54. The number of nitrogens with zero attached hydrogens (tertiary/aromatic N) is 4. The number of hydrogen-bond acceptors (Lipinski definition) is 5. The first-order valence-electron chi connectivity index (χ1n) is 7.53. The van der Waals surface area contributed by atoms with E-state index in [0.717, 1.165) is 22.3 Å². The van der Waals surface area contributed by atoms with Crippen LogP contribution in [0.15, 0.2) is 69.8 Å². The highest BCUT2D eigenvalue weighted by Crippen LogP contribution is 2.21. The van der Waals surface area contributed by atoms with Crippen LogP contribution in [0, 0.1) is 6.92 Å². The summed E-state index contributed by atoms with van der Waals surface area (Å²) in [6.45, 7) is 1.91. The molecule has 3 aromatic rings. The third kappa shape index (κ3) is 4.27. The van der Waals surface area contributed by atoms with Crippen molar-refractivity contribution < 1.29 is 0 Å². The van der Waals surface area contributed by atoms with E-state index in [-0.39, 0.29) is 0 Å².